The van der Waals surface area contributed by atoms with Crippen LogP contribution in [0.4, 0.5) is 9.18 Å². The number of ether oxygens (including phenoxy) is 2. The van der Waals surface area contributed by atoms with Gasteiger partial charge in [-0.3, -0.25) is 0 Å². The van der Waals surface area contributed by atoms with Crippen molar-refractivity contribution in [2.24, 2.45) is 5.92 Å². The maximum Gasteiger partial charge on any atom is 0.326 e. The first-order chi connectivity index (χ1) is 14.8. The molecule has 2 N–H and O–H groups in total. The number of rotatable bonds is 6. The summed E-state index contributed by atoms with van der Waals surface area (Å²) in [4.78, 5) is 26.4. The standard InChI is InChI=1S/C23H27FN2O5/c1-13(2)20(22(27)28)25-23(29)26-10-9-15-11-18(30-3)19(31-4)12-17(15)21(26)14-5-7-16(24)8-6-14/h5-8,11-13,20-21H,9-10H2,1-4H3,(H,25,29)(H,27,28)/t20-,21?/m0/s1. The molecule has 0 radical (unpaired) electrons. The van der Waals surface area contributed by atoms with Gasteiger partial charge >= 0.3 is 12.0 Å². The van der Waals surface area contributed by atoms with E-state index < -0.39 is 24.1 Å². The summed E-state index contributed by atoms with van der Waals surface area (Å²) in [5.74, 6) is -0.657. The highest BCUT2D eigenvalue weighted by Gasteiger charge is 2.35. The van der Waals surface area contributed by atoms with Gasteiger partial charge in [0.15, 0.2) is 11.5 Å². The van der Waals surface area contributed by atoms with E-state index in [1.807, 2.05) is 12.1 Å². The van der Waals surface area contributed by atoms with Crippen LogP contribution in [-0.2, 0) is 11.2 Å². The molecule has 0 saturated carbocycles. The molecule has 2 aromatic carbocycles. The predicted molar refractivity (Wildman–Crippen MR) is 113 cm³/mol. The van der Waals surface area contributed by atoms with Crippen LogP contribution in [0, 0.1) is 11.7 Å². The number of amides is 2. The van der Waals surface area contributed by atoms with E-state index in [4.69, 9.17) is 9.47 Å². The summed E-state index contributed by atoms with van der Waals surface area (Å²) in [6, 6.07) is 7.59. The van der Waals surface area contributed by atoms with Gasteiger partial charge in [-0.05, 0) is 53.3 Å². The Morgan fingerprint density at radius 1 is 1.13 bits per heavy atom. The Morgan fingerprint density at radius 2 is 1.74 bits per heavy atom. The molecule has 1 aliphatic heterocycles. The fourth-order valence-corrected chi connectivity index (χ4v) is 3.90. The van der Waals surface area contributed by atoms with E-state index in [0.29, 0.717) is 30.0 Å². The minimum absolute atomic E-state index is 0.285. The number of carboxylic acid groups (broad SMARTS) is 1. The molecule has 1 unspecified atom stereocenters. The maximum absolute atomic E-state index is 13.6. The van der Waals surface area contributed by atoms with E-state index in [1.165, 1.54) is 19.2 Å². The van der Waals surface area contributed by atoms with Crippen LogP contribution in [0.2, 0.25) is 0 Å². The van der Waals surface area contributed by atoms with Crippen LogP contribution < -0.4 is 14.8 Å². The maximum atomic E-state index is 13.6. The number of nitrogens with one attached hydrogen (secondary N) is 1. The van der Waals surface area contributed by atoms with Gasteiger partial charge in [-0.1, -0.05) is 26.0 Å². The minimum atomic E-state index is -1.09. The number of carbonyl (C=O) groups is 2. The van der Waals surface area contributed by atoms with Crippen molar-refractivity contribution in [3.63, 3.8) is 0 Å². The fourth-order valence-electron chi connectivity index (χ4n) is 3.90. The molecule has 1 aliphatic rings. The van der Waals surface area contributed by atoms with E-state index in [-0.39, 0.29) is 11.7 Å². The number of fused-ring (bicyclic) bond motifs is 1. The number of nitrogens with zero attached hydrogens (tertiary/aromatic N) is 1. The van der Waals surface area contributed by atoms with Crippen molar-refractivity contribution < 1.29 is 28.6 Å². The average molecular weight is 430 g/mol. The molecule has 1 heterocycles. The number of benzene rings is 2. The molecule has 7 nitrogen and oxygen atoms in total. The average Bonchev–Trinajstić information content (AvgIpc) is 2.75. The number of carboxylic acids is 1. The lowest BCUT2D eigenvalue weighted by Gasteiger charge is -2.38. The summed E-state index contributed by atoms with van der Waals surface area (Å²) in [5, 5.41) is 12.1. The molecular weight excluding hydrogens is 403 g/mol. The fraction of sp³-hybridized carbons (Fsp3) is 0.391. The minimum Gasteiger partial charge on any atom is -0.493 e. The van der Waals surface area contributed by atoms with Crippen molar-refractivity contribution in [1.29, 1.82) is 0 Å². The molecule has 0 fully saturated rings. The molecule has 0 saturated heterocycles. The van der Waals surface area contributed by atoms with Crippen molar-refractivity contribution in [1.82, 2.24) is 10.2 Å². The van der Waals surface area contributed by atoms with E-state index in [1.54, 1.807) is 38.0 Å². The molecule has 2 atom stereocenters. The van der Waals surface area contributed by atoms with Crippen LogP contribution in [0.3, 0.4) is 0 Å². The van der Waals surface area contributed by atoms with Crippen molar-refractivity contribution in [3.05, 3.63) is 58.9 Å². The van der Waals surface area contributed by atoms with E-state index >= 15 is 0 Å². The zero-order valence-electron chi connectivity index (χ0n) is 18.0. The lowest BCUT2D eigenvalue weighted by Crippen LogP contribution is -2.52. The smallest absolute Gasteiger partial charge is 0.326 e. The van der Waals surface area contributed by atoms with E-state index in [2.05, 4.69) is 5.32 Å². The third-order valence-corrected chi connectivity index (χ3v) is 5.53. The van der Waals surface area contributed by atoms with Gasteiger partial charge in [0.25, 0.3) is 0 Å². The van der Waals surface area contributed by atoms with Gasteiger partial charge in [0, 0.05) is 6.54 Å². The third-order valence-electron chi connectivity index (χ3n) is 5.53. The van der Waals surface area contributed by atoms with Crippen molar-refractivity contribution in [2.75, 3.05) is 20.8 Å². The van der Waals surface area contributed by atoms with Crippen LogP contribution >= 0.6 is 0 Å². The summed E-state index contributed by atoms with van der Waals surface area (Å²) in [5.41, 5.74) is 2.51. The quantitative estimate of drug-likeness (QED) is 0.731. The monoisotopic (exact) mass is 430 g/mol. The van der Waals surface area contributed by atoms with Crippen molar-refractivity contribution >= 4 is 12.0 Å². The second-order valence-electron chi connectivity index (χ2n) is 7.81. The first-order valence-corrected chi connectivity index (χ1v) is 10.1. The Bertz CT molecular complexity index is 961. The summed E-state index contributed by atoms with van der Waals surface area (Å²) >= 11 is 0. The Labute approximate surface area is 180 Å². The van der Waals surface area contributed by atoms with Crippen LogP contribution in [0.15, 0.2) is 36.4 Å². The normalized spacial score (nSPS) is 16.5. The SMILES string of the molecule is COc1cc2c(cc1OC)C(c1ccc(F)cc1)N(C(=O)N[C@H](C(=O)O)C(C)C)CC2. The van der Waals surface area contributed by atoms with Gasteiger partial charge in [-0.15, -0.1) is 0 Å². The number of hydrogen-bond acceptors (Lipinski definition) is 4. The molecule has 0 aliphatic carbocycles. The Balaban J connectivity index is 2.06. The number of methoxy groups -OCH3 is 2. The zero-order chi connectivity index (χ0) is 22.7. The predicted octanol–water partition coefficient (Wildman–Crippen LogP) is 3.61. The number of hydrogen-bond donors (Lipinski definition) is 2. The summed E-state index contributed by atoms with van der Waals surface area (Å²) in [6.07, 6.45) is 0.556. The molecule has 31 heavy (non-hydrogen) atoms. The Hall–Kier alpha value is -3.29. The first-order valence-electron chi connectivity index (χ1n) is 10.1. The molecule has 2 amide bonds. The molecule has 2 aromatic rings. The molecule has 3 rings (SSSR count). The van der Waals surface area contributed by atoms with Crippen LogP contribution in [-0.4, -0.2) is 48.8 Å². The largest absolute Gasteiger partial charge is 0.493 e. The molecule has 0 bridgehead atoms. The second kappa shape index (κ2) is 9.24. The molecule has 0 aromatic heterocycles. The number of halogens is 1. The van der Waals surface area contributed by atoms with Crippen LogP contribution in [0.25, 0.3) is 0 Å². The number of carbonyl (C=O) groups excluding carboxylic acids is 1. The molecule has 166 valence electrons. The Kier molecular flexibility index (Phi) is 6.68. The summed E-state index contributed by atoms with van der Waals surface area (Å²) in [7, 11) is 3.09. The topological polar surface area (TPSA) is 88.1 Å². The lowest BCUT2D eigenvalue weighted by molar-refractivity contribution is -0.140. The van der Waals surface area contributed by atoms with Gasteiger partial charge in [-0.2, -0.15) is 0 Å². The lowest BCUT2D eigenvalue weighted by atomic mass is 9.87. The first kappa shape index (κ1) is 22.4. The van der Waals surface area contributed by atoms with E-state index in [0.717, 1.165) is 11.1 Å². The van der Waals surface area contributed by atoms with Gasteiger partial charge in [0.05, 0.1) is 20.3 Å². The summed E-state index contributed by atoms with van der Waals surface area (Å²) in [6.45, 7) is 3.83. The number of urea groups is 1. The van der Waals surface area contributed by atoms with Gasteiger partial charge in [0.1, 0.15) is 11.9 Å². The molecular formula is C23H27FN2O5. The highest BCUT2D eigenvalue weighted by molar-refractivity contribution is 5.83. The summed E-state index contributed by atoms with van der Waals surface area (Å²) < 4.78 is 24.4. The van der Waals surface area contributed by atoms with Crippen LogP contribution in [0.5, 0.6) is 11.5 Å². The molecule has 0 spiro atoms. The van der Waals surface area contributed by atoms with Gasteiger partial charge < -0.3 is 24.8 Å². The highest BCUT2D eigenvalue weighted by Crippen LogP contribution is 2.41. The second-order valence-corrected chi connectivity index (χ2v) is 7.81. The molecule has 8 heteroatoms. The highest BCUT2D eigenvalue weighted by atomic mass is 19.1. The van der Waals surface area contributed by atoms with Gasteiger partial charge in [-0.25, -0.2) is 14.0 Å². The third kappa shape index (κ3) is 4.57. The van der Waals surface area contributed by atoms with Gasteiger partial charge in [0.2, 0.25) is 0 Å². The van der Waals surface area contributed by atoms with Crippen molar-refractivity contribution in [2.45, 2.75) is 32.4 Å². The van der Waals surface area contributed by atoms with E-state index in [9.17, 15) is 19.1 Å². The number of aliphatic carboxylic acids is 1. The zero-order valence-corrected chi connectivity index (χ0v) is 18.0. The van der Waals surface area contributed by atoms with Crippen molar-refractivity contribution in [3.8, 4) is 11.5 Å². The Morgan fingerprint density at radius 3 is 2.29 bits per heavy atom. The van der Waals surface area contributed by atoms with Crippen LogP contribution in [0.1, 0.15) is 36.6 Å².